The van der Waals surface area contributed by atoms with Gasteiger partial charge < -0.3 is 10.1 Å². The first-order valence-electron chi connectivity index (χ1n) is 6.81. The number of amidine groups is 1. The number of nitrogens with zero attached hydrogens (tertiary/aromatic N) is 1. The third kappa shape index (κ3) is 3.88. The summed E-state index contributed by atoms with van der Waals surface area (Å²) >= 11 is 1.86. The molecular formula is C13H24N2OS. The summed E-state index contributed by atoms with van der Waals surface area (Å²) < 4.78 is 5.58. The molecule has 0 aromatic rings. The van der Waals surface area contributed by atoms with Crippen molar-refractivity contribution in [2.24, 2.45) is 10.9 Å². The lowest BCUT2D eigenvalue weighted by Crippen LogP contribution is -2.42. The van der Waals surface area contributed by atoms with Crippen molar-refractivity contribution in [3.05, 3.63) is 0 Å². The predicted octanol–water partition coefficient (Wildman–Crippen LogP) is 2.66. The molecule has 0 atom stereocenters. The van der Waals surface area contributed by atoms with Crippen LogP contribution in [0.5, 0.6) is 0 Å². The van der Waals surface area contributed by atoms with Crippen LogP contribution in [0.4, 0.5) is 0 Å². The third-order valence-electron chi connectivity index (χ3n) is 3.75. The van der Waals surface area contributed by atoms with Gasteiger partial charge in [-0.2, -0.15) is 0 Å². The molecule has 0 bridgehead atoms. The smallest absolute Gasteiger partial charge is 0.157 e. The summed E-state index contributed by atoms with van der Waals surface area (Å²) in [7, 11) is 0. The third-order valence-corrected chi connectivity index (χ3v) is 4.95. The monoisotopic (exact) mass is 256 g/mol. The van der Waals surface area contributed by atoms with E-state index in [1.54, 1.807) is 0 Å². The Balaban J connectivity index is 1.64. The second kappa shape index (κ2) is 6.10. The topological polar surface area (TPSA) is 33.6 Å². The van der Waals surface area contributed by atoms with E-state index in [2.05, 4.69) is 24.2 Å². The number of hydrogen-bond donors (Lipinski definition) is 1. The Hall–Kier alpha value is -0.220. The van der Waals surface area contributed by atoms with E-state index < -0.39 is 0 Å². The first-order chi connectivity index (χ1) is 8.28. The van der Waals surface area contributed by atoms with Crippen LogP contribution in [0.25, 0.3) is 0 Å². The van der Waals surface area contributed by atoms with Gasteiger partial charge in [-0.1, -0.05) is 25.6 Å². The van der Waals surface area contributed by atoms with Crippen molar-refractivity contribution in [1.29, 1.82) is 0 Å². The summed E-state index contributed by atoms with van der Waals surface area (Å²) in [5, 5.41) is 4.69. The molecule has 0 aromatic carbocycles. The van der Waals surface area contributed by atoms with E-state index in [1.165, 1.54) is 25.7 Å². The fourth-order valence-corrected chi connectivity index (χ4v) is 3.33. The maximum Gasteiger partial charge on any atom is 0.157 e. The highest BCUT2D eigenvalue weighted by Crippen LogP contribution is 2.29. The molecule has 0 aromatic heterocycles. The summed E-state index contributed by atoms with van der Waals surface area (Å²) in [4.78, 5) is 4.58. The second-order valence-corrected chi connectivity index (χ2v) is 6.07. The van der Waals surface area contributed by atoms with Gasteiger partial charge in [-0.25, -0.2) is 0 Å². The van der Waals surface area contributed by atoms with Gasteiger partial charge in [0.25, 0.3) is 0 Å². The number of aliphatic imine (C=N–C) groups is 1. The normalized spacial score (nSPS) is 25.2. The highest BCUT2D eigenvalue weighted by molar-refractivity contribution is 8.14. The van der Waals surface area contributed by atoms with E-state index in [0.29, 0.717) is 5.54 Å². The minimum atomic E-state index is 0.290. The first-order valence-corrected chi connectivity index (χ1v) is 7.80. The van der Waals surface area contributed by atoms with Crippen molar-refractivity contribution >= 4 is 16.9 Å². The number of rotatable bonds is 7. The maximum atomic E-state index is 5.58. The summed E-state index contributed by atoms with van der Waals surface area (Å²) in [5.74, 6) is 2.01. The quantitative estimate of drug-likeness (QED) is 0.711. The van der Waals surface area contributed by atoms with Gasteiger partial charge in [0, 0.05) is 17.9 Å². The molecule has 2 aliphatic rings. The van der Waals surface area contributed by atoms with Crippen LogP contribution >= 0.6 is 11.8 Å². The van der Waals surface area contributed by atoms with Crippen LogP contribution in [-0.2, 0) is 4.74 Å². The molecule has 0 spiro atoms. The molecule has 1 aliphatic carbocycles. The second-order valence-electron chi connectivity index (χ2n) is 5.11. The Morgan fingerprint density at radius 1 is 1.41 bits per heavy atom. The fraction of sp³-hybridized carbons (Fsp3) is 0.923. The minimum absolute atomic E-state index is 0.290. The molecular weight excluding hydrogens is 232 g/mol. The molecule has 3 nitrogen and oxygen atoms in total. The number of hydrogen-bond acceptors (Lipinski definition) is 3. The number of ether oxygens (including phenoxy) is 1. The SMILES string of the molecule is CCC1(CC)CSC(=NCCOCC2CC2)N1. The summed E-state index contributed by atoms with van der Waals surface area (Å²) in [6.45, 7) is 7.01. The standard InChI is InChI=1S/C13H24N2OS/c1-3-13(4-2)10-17-12(15-13)14-7-8-16-9-11-5-6-11/h11H,3-10H2,1-2H3,(H,14,15). The van der Waals surface area contributed by atoms with Crippen LogP contribution in [0.3, 0.4) is 0 Å². The van der Waals surface area contributed by atoms with Gasteiger partial charge in [-0.05, 0) is 31.6 Å². The van der Waals surface area contributed by atoms with Crippen LogP contribution in [0.2, 0.25) is 0 Å². The molecule has 2 fully saturated rings. The summed E-state index contributed by atoms with van der Waals surface area (Å²) in [6.07, 6.45) is 5.07. The van der Waals surface area contributed by atoms with E-state index in [1.807, 2.05) is 11.8 Å². The molecule has 4 heteroatoms. The van der Waals surface area contributed by atoms with Gasteiger partial charge in [0.1, 0.15) is 0 Å². The van der Waals surface area contributed by atoms with Crippen LogP contribution in [-0.4, -0.2) is 36.2 Å². The van der Waals surface area contributed by atoms with Crippen molar-refractivity contribution in [2.75, 3.05) is 25.5 Å². The lowest BCUT2D eigenvalue weighted by molar-refractivity contribution is 0.132. The largest absolute Gasteiger partial charge is 0.379 e. The summed E-state index contributed by atoms with van der Waals surface area (Å²) in [5.41, 5.74) is 0.290. The van der Waals surface area contributed by atoms with Gasteiger partial charge in [-0.3, -0.25) is 4.99 Å². The highest BCUT2D eigenvalue weighted by Gasteiger charge is 2.33. The van der Waals surface area contributed by atoms with Crippen molar-refractivity contribution in [3.8, 4) is 0 Å². The Bertz CT molecular complexity index is 273. The molecule has 1 N–H and O–H groups in total. The van der Waals surface area contributed by atoms with E-state index in [0.717, 1.165) is 36.6 Å². The van der Waals surface area contributed by atoms with Crippen molar-refractivity contribution in [3.63, 3.8) is 0 Å². The van der Waals surface area contributed by atoms with E-state index in [4.69, 9.17) is 4.74 Å². The highest BCUT2D eigenvalue weighted by atomic mass is 32.2. The van der Waals surface area contributed by atoms with Crippen LogP contribution in [0.15, 0.2) is 4.99 Å². The van der Waals surface area contributed by atoms with Gasteiger partial charge >= 0.3 is 0 Å². The van der Waals surface area contributed by atoms with Gasteiger partial charge in [0.2, 0.25) is 0 Å². The lowest BCUT2D eigenvalue weighted by atomic mass is 9.96. The molecule has 1 saturated carbocycles. The fourth-order valence-electron chi connectivity index (χ4n) is 1.97. The van der Waals surface area contributed by atoms with Gasteiger partial charge in [0.15, 0.2) is 5.17 Å². The minimum Gasteiger partial charge on any atom is -0.379 e. The maximum absolute atomic E-state index is 5.58. The molecule has 0 unspecified atom stereocenters. The molecule has 0 amide bonds. The van der Waals surface area contributed by atoms with Crippen LogP contribution in [0, 0.1) is 5.92 Å². The molecule has 98 valence electrons. The molecule has 0 radical (unpaired) electrons. The Kier molecular flexibility index (Phi) is 4.74. The zero-order chi connectivity index (χ0) is 12.1. The number of thioether (sulfide) groups is 1. The van der Waals surface area contributed by atoms with Crippen molar-refractivity contribution in [2.45, 2.75) is 45.1 Å². The Morgan fingerprint density at radius 3 is 2.76 bits per heavy atom. The molecule has 1 saturated heterocycles. The molecule has 1 heterocycles. The zero-order valence-corrected chi connectivity index (χ0v) is 11.8. The van der Waals surface area contributed by atoms with E-state index >= 15 is 0 Å². The first kappa shape index (κ1) is 13.2. The zero-order valence-electron chi connectivity index (χ0n) is 11.0. The average molecular weight is 256 g/mol. The molecule has 17 heavy (non-hydrogen) atoms. The van der Waals surface area contributed by atoms with Crippen LogP contribution < -0.4 is 5.32 Å². The molecule has 1 aliphatic heterocycles. The summed E-state index contributed by atoms with van der Waals surface area (Å²) in [6, 6.07) is 0. The van der Waals surface area contributed by atoms with Crippen molar-refractivity contribution in [1.82, 2.24) is 5.32 Å². The van der Waals surface area contributed by atoms with Gasteiger partial charge in [-0.15, -0.1) is 0 Å². The van der Waals surface area contributed by atoms with Gasteiger partial charge in [0.05, 0.1) is 13.2 Å². The Morgan fingerprint density at radius 2 is 2.18 bits per heavy atom. The number of nitrogens with one attached hydrogen (secondary N) is 1. The average Bonchev–Trinajstić information content (AvgIpc) is 3.08. The Labute approximate surface area is 109 Å². The van der Waals surface area contributed by atoms with Crippen LogP contribution in [0.1, 0.15) is 39.5 Å². The molecule has 2 rings (SSSR count). The van der Waals surface area contributed by atoms with Crippen molar-refractivity contribution < 1.29 is 4.74 Å². The predicted molar refractivity (Wildman–Crippen MR) is 74.8 cm³/mol. The lowest BCUT2D eigenvalue weighted by Gasteiger charge is -2.25. The van der Waals surface area contributed by atoms with E-state index in [9.17, 15) is 0 Å². The van der Waals surface area contributed by atoms with E-state index in [-0.39, 0.29) is 0 Å².